The molecule has 0 fully saturated rings. The summed E-state index contributed by atoms with van der Waals surface area (Å²) in [7, 11) is 0. The summed E-state index contributed by atoms with van der Waals surface area (Å²) in [4.78, 5) is 15.4. The fourth-order valence-corrected chi connectivity index (χ4v) is 2.45. The second kappa shape index (κ2) is 3.96. The van der Waals surface area contributed by atoms with E-state index in [1.54, 1.807) is 6.07 Å². The van der Waals surface area contributed by atoms with Crippen molar-refractivity contribution in [2.45, 2.75) is 13.0 Å². The highest BCUT2D eigenvalue weighted by molar-refractivity contribution is 6.05. The Labute approximate surface area is 103 Å². The number of aromatic carboxylic acids is 1. The molecule has 0 saturated carbocycles. The molecule has 3 N–H and O–H groups in total. The Hall–Kier alpha value is -2.14. The second-order valence-electron chi connectivity index (χ2n) is 4.35. The Morgan fingerprint density at radius 3 is 3.00 bits per heavy atom. The molecule has 1 aliphatic rings. The van der Waals surface area contributed by atoms with Crippen molar-refractivity contribution in [3.05, 3.63) is 35.0 Å². The molecular weight excluding hydrogens is 232 g/mol. The first-order chi connectivity index (χ1) is 8.68. The number of aromatic hydroxyl groups is 1. The van der Waals surface area contributed by atoms with Crippen LogP contribution in [0.15, 0.2) is 18.3 Å². The third kappa shape index (κ3) is 1.52. The molecule has 18 heavy (non-hydrogen) atoms. The average molecular weight is 244 g/mol. The van der Waals surface area contributed by atoms with E-state index >= 15 is 0 Å². The molecule has 0 saturated heterocycles. The van der Waals surface area contributed by atoms with Gasteiger partial charge in [0.25, 0.3) is 0 Å². The average Bonchev–Trinajstić information content (AvgIpc) is 2.37. The lowest BCUT2D eigenvalue weighted by atomic mass is 9.95. The molecule has 5 heteroatoms. The van der Waals surface area contributed by atoms with Gasteiger partial charge in [-0.15, -0.1) is 0 Å². The van der Waals surface area contributed by atoms with Gasteiger partial charge in [0, 0.05) is 11.9 Å². The highest BCUT2D eigenvalue weighted by Crippen LogP contribution is 2.30. The number of aromatic nitrogens is 1. The van der Waals surface area contributed by atoms with E-state index in [1.165, 1.54) is 11.8 Å². The number of nitrogens with one attached hydrogen (secondary N) is 1. The standard InChI is InChI=1S/C13H12N2O3/c16-10-6-15-12-8(11(10)13(17)18)2-1-7-3-4-14-5-9(7)12/h1-2,6,14,16H,3-5H2,(H,17,18). The minimum Gasteiger partial charge on any atom is -0.505 e. The van der Waals surface area contributed by atoms with Crippen LogP contribution in [0, 0.1) is 0 Å². The summed E-state index contributed by atoms with van der Waals surface area (Å²) in [6.07, 6.45) is 2.12. The number of carboxylic acid groups (broad SMARTS) is 1. The van der Waals surface area contributed by atoms with E-state index in [-0.39, 0.29) is 11.3 Å². The van der Waals surface area contributed by atoms with Gasteiger partial charge < -0.3 is 15.5 Å². The van der Waals surface area contributed by atoms with Crippen LogP contribution in [-0.4, -0.2) is 27.7 Å². The van der Waals surface area contributed by atoms with Gasteiger partial charge in [-0.2, -0.15) is 0 Å². The molecule has 2 heterocycles. The number of rotatable bonds is 1. The summed E-state index contributed by atoms with van der Waals surface area (Å²) in [5.41, 5.74) is 2.81. The van der Waals surface area contributed by atoms with Crippen LogP contribution in [0.5, 0.6) is 5.75 Å². The minimum atomic E-state index is -1.14. The first-order valence-corrected chi connectivity index (χ1v) is 5.75. The molecule has 1 aromatic heterocycles. The first kappa shape index (κ1) is 11.0. The maximum Gasteiger partial charge on any atom is 0.340 e. The number of fused-ring (bicyclic) bond motifs is 3. The molecule has 0 radical (unpaired) electrons. The quantitative estimate of drug-likeness (QED) is 0.704. The Kier molecular flexibility index (Phi) is 2.41. The van der Waals surface area contributed by atoms with Crippen LogP contribution in [0.25, 0.3) is 10.9 Å². The van der Waals surface area contributed by atoms with Crippen LogP contribution in [0.1, 0.15) is 21.5 Å². The Morgan fingerprint density at radius 2 is 2.22 bits per heavy atom. The molecule has 0 atom stereocenters. The Morgan fingerprint density at radius 1 is 1.39 bits per heavy atom. The van der Waals surface area contributed by atoms with Gasteiger partial charge in [-0.25, -0.2) is 4.79 Å². The smallest absolute Gasteiger partial charge is 0.340 e. The molecule has 3 rings (SSSR count). The summed E-state index contributed by atoms with van der Waals surface area (Å²) < 4.78 is 0. The van der Waals surface area contributed by atoms with Crippen LogP contribution in [0.4, 0.5) is 0 Å². The van der Waals surface area contributed by atoms with Gasteiger partial charge in [0.15, 0.2) is 0 Å². The van der Waals surface area contributed by atoms with E-state index in [1.807, 2.05) is 6.07 Å². The molecule has 5 nitrogen and oxygen atoms in total. The molecule has 2 aromatic rings. The number of hydrogen-bond acceptors (Lipinski definition) is 4. The largest absolute Gasteiger partial charge is 0.505 e. The zero-order valence-corrected chi connectivity index (χ0v) is 9.60. The lowest BCUT2D eigenvalue weighted by Gasteiger charge is -2.19. The number of carboxylic acids is 1. The van der Waals surface area contributed by atoms with Gasteiger partial charge in [-0.1, -0.05) is 12.1 Å². The molecule has 0 aliphatic carbocycles. The Balaban J connectivity index is 2.37. The molecule has 0 amide bonds. The normalized spacial score (nSPS) is 14.4. The zero-order valence-electron chi connectivity index (χ0n) is 9.60. The van der Waals surface area contributed by atoms with Crippen molar-refractivity contribution < 1.29 is 15.0 Å². The van der Waals surface area contributed by atoms with Crippen LogP contribution >= 0.6 is 0 Å². The van der Waals surface area contributed by atoms with Crippen molar-refractivity contribution in [2.24, 2.45) is 0 Å². The van der Waals surface area contributed by atoms with Crippen molar-refractivity contribution in [1.82, 2.24) is 10.3 Å². The van der Waals surface area contributed by atoms with E-state index in [0.717, 1.165) is 18.5 Å². The molecule has 1 aliphatic heterocycles. The number of nitrogens with zero attached hydrogens (tertiary/aromatic N) is 1. The lowest BCUT2D eigenvalue weighted by Crippen LogP contribution is -2.24. The summed E-state index contributed by atoms with van der Waals surface area (Å²) in [5, 5.41) is 22.5. The SMILES string of the molecule is O=C(O)c1c(O)cnc2c3c(ccc12)CCNC3. The van der Waals surface area contributed by atoms with Crippen LogP contribution in [-0.2, 0) is 13.0 Å². The number of hydrogen-bond donors (Lipinski definition) is 3. The van der Waals surface area contributed by atoms with Crippen LogP contribution in [0.2, 0.25) is 0 Å². The third-order valence-corrected chi connectivity index (χ3v) is 3.31. The van der Waals surface area contributed by atoms with Gasteiger partial charge in [-0.3, -0.25) is 4.98 Å². The third-order valence-electron chi connectivity index (χ3n) is 3.31. The number of carbonyl (C=O) groups is 1. The molecule has 0 unspecified atom stereocenters. The van der Waals surface area contributed by atoms with Gasteiger partial charge >= 0.3 is 5.97 Å². The van der Waals surface area contributed by atoms with E-state index in [9.17, 15) is 9.90 Å². The van der Waals surface area contributed by atoms with Crippen molar-refractivity contribution in [1.29, 1.82) is 0 Å². The molecule has 92 valence electrons. The highest BCUT2D eigenvalue weighted by atomic mass is 16.4. The summed E-state index contributed by atoms with van der Waals surface area (Å²) >= 11 is 0. The monoisotopic (exact) mass is 244 g/mol. The summed E-state index contributed by atoms with van der Waals surface area (Å²) in [6, 6.07) is 3.65. The molecule has 0 bridgehead atoms. The van der Waals surface area contributed by atoms with Gasteiger partial charge in [0.1, 0.15) is 11.3 Å². The zero-order chi connectivity index (χ0) is 12.7. The molecular formula is C13H12N2O3. The predicted molar refractivity (Wildman–Crippen MR) is 65.8 cm³/mol. The minimum absolute atomic E-state index is 0.0756. The van der Waals surface area contributed by atoms with E-state index in [4.69, 9.17) is 5.11 Å². The van der Waals surface area contributed by atoms with E-state index < -0.39 is 5.97 Å². The van der Waals surface area contributed by atoms with Crippen molar-refractivity contribution in [2.75, 3.05) is 6.54 Å². The fourth-order valence-electron chi connectivity index (χ4n) is 2.45. The summed E-state index contributed by atoms with van der Waals surface area (Å²) in [6.45, 7) is 1.60. The number of benzene rings is 1. The topological polar surface area (TPSA) is 82.5 Å². The molecule has 0 spiro atoms. The van der Waals surface area contributed by atoms with Gasteiger partial charge in [0.05, 0.1) is 11.7 Å². The van der Waals surface area contributed by atoms with Gasteiger partial charge in [-0.05, 0) is 24.1 Å². The highest BCUT2D eigenvalue weighted by Gasteiger charge is 2.19. The van der Waals surface area contributed by atoms with Gasteiger partial charge in [0.2, 0.25) is 0 Å². The lowest BCUT2D eigenvalue weighted by molar-refractivity contribution is 0.0696. The predicted octanol–water partition coefficient (Wildman–Crippen LogP) is 1.28. The first-order valence-electron chi connectivity index (χ1n) is 5.75. The van der Waals surface area contributed by atoms with Crippen molar-refractivity contribution in [3.8, 4) is 5.75 Å². The molecule has 1 aromatic carbocycles. The van der Waals surface area contributed by atoms with Crippen LogP contribution < -0.4 is 5.32 Å². The fraction of sp³-hybridized carbons (Fsp3) is 0.231. The van der Waals surface area contributed by atoms with E-state index in [2.05, 4.69) is 10.3 Å². The maximum atomic E-state index is 11.2. The summed E-state index contributed by atoms with van der Waals surface area (Å²) in [5.74, 6) is -1.43. The maximum absolute atomic E-state index is 11.2. The van der Waals surface area contributed by atoms with Crippen molar-refractivity contribution >= 4 is 16.9 Å². The Bertz CT molecular complexity index is 652. The van der Waals surface area contributed by atoms with Crippen molar-refractivity contribution in [3.63, 3.8) is 0 Å². The van der Waals surface area contributed by atoms with Crippen LogP contribution in [0.3, 0.4) is 0 Å². The second-order valence-corrected chi connectivity index (χ2v) is 4.35. The van der Waals surface area contributed by atoms with E-state index in [0.29, 0.717) is 17.4 Å². The number of pyridine rings is 1.